The molecule has 2 aromatic carbocycles. The zero-order valence-corrected chi connectivity index (χ0v) is 10.9. The zero-order chi connectivity index (χ0) is 14.7. The lowest BCUT2D eigenvalue weighted by molar-refractivity contribution is -0.385. The Labute approximate surface area is 118 Å². The third-order valence-electron chi connectivity index (χ3n) is 2.59. The largest absolute Gasteiger partial charge is 0.446 e. The number of benzene rings is 2. The van der Waals surface area contributed by atoms with Crippen LogP contribution in [0.2, 0.25) is 5.02 Å². The summed E-state index contributed by atoms with van der Waals surface area (Å²) < 4.78 is 18.9. The van der Waals surface area contributed by atoms with Crippen molar-refractivity contribution in [2.75, 3.05) is 0 Å². The van der Waals surface area contributed by atoms with Gasteiger partial charge in [-0.1, -0.05) is 23.7 Å². The molecule has 0 amide bonds. The minimum atomic E-state index is -0.835. The number of nitro groups is 1. The molecule has 5 nitrogen and oxygen atoms in total. The van der Waals surface area contributed by atoms with Crippen molar-refractivity contribution in [2.24, 2.45) is 5.73 Å². The highest BCUT2D eigenvalue weighted by Gasteiger charge is 2.21. The van der Waals surface area contributed by atoms with Gasteiger partial charge < -0.3 is 10.5 Å². The molecule has 20 heavy (non-hydrogen) atoms. The number of nitrogens with two attached hydrogens (primary N) is 1. The molecule has 2 aromatic rings. The zero-order valence-electron chi connectivity index (χ0n) is 10.2. The Hall–Kier alpha value is -2.18. The normalized spacial score (nSPS) is 10.3. The Morgan fingerprint density at radius 1 is 1.35 bits per heavy atom. The molecule has 2 N–H and O–H groups in total. The molecule has 0 aliphatic carbocycles. The summed E-state index contributed by atoms with van der Waals surface area (Å²) in [5.41, 5.74) is 5.76. The van der Waals surface area contributed by atoms with Gasteiger partial charge in [0, 0.05) is 12.6 Å². The van der Waals surface area contributed by atoms with Crippen LogP contribution in [-0.2, 0) is 6.54 Å². The van der Waals surface area contributed by atoms with Gasteiger partial charge in [-0.2, -0.15) is 0 Å². The molecule has 0 saturated carbocycles. The Bertz CT molecular complexity index is 664. The molecule has 0 aliphatic heterocycles. The minimum absolute atomic E-state index is 0.122. The van der Waals surface area contributed by atoms with E-state index in [2.05, 4.69) is 0 Å². The lowest BCUT2D eigenvalue weighted by Gasteiger charge is -2.09. The van der Waals surface area contributed by atoms with Crippen LogP contribution in [-0.4, -0.2) is 4.92 Å². The van der Waals surface area contributed by atoms with Gasteiger partial charge in [-0.25, -0.2) is 4.39 Å². The molecule has 0 unspecified atom stereocenters. The number of halogens is 2. The van der Waals surface area contributed by atoms with E-state index in [4.69, 9.17) is 22.1 Å². The van der Waals surface area contributed by atoms with E-state index in [0.717, 1.165) is 17.7 Å². The summed E-state index contributed by atoms with van der Waals surface area (Å²) in [5, 5.41) is 11.1. The fourth-order valence-corrected chi connectivity index (χ4v) is 1.85. The first-order chi connectivity index (χ1) is 9.52. The molecule has 0 bridgehead atoms. The molecule has 0 aromatic heterocycles. The van der Waals surface area contributed by atoms with Crippen molar-refractivity contribution in [2.45, 2.75) is 6.54 Å². The molecule has 2 rings (SSSR count). The summed E-state index contributed by atoms with van der Waals surface area (Å²) in [6.07, 6.45) is 0. The van der Waals surface area contributed by atoms with Crippen LogP contribution in [0.1, 0.15) is 5.56 Å². The van der Waals surface area contributed by atoms with Gasteiger partial charge in [0.2, 0.25) is 5.75 Å². The molecule has 0 aliphatic rings. The van der Waals surface area contributed by atoms with Crippen molar-refractivity contribution in [3.8, 4) is 11.5 Å². The maximum Gasteiger partial charge on any atom is 0.314 e. The number of nitro benzene ring substituents is 1. The van der Waals surface area contributed by atoms with Crippen LogP contribution in [0.25, 0.3) is 0 Å². The number of hydrogen-bond donors (Lipinski definition) is 1. The topological polar surface area (TPSA) is 78.4 Å². The number of para-hydroxylation sites is 1. The van der Waals surface area contributed by atoms with Crippen molar-refractivity contribution < 1.29 is 14.1 Å². The third kappa shape index (κ3) is 2.87. The second-order valence-electron chi connectivity index (χ2n) is 3.92. The van der Waals surface area contributed by atoms with E-state index in [1.165, 1.54) is 12.1 Å². The highest BCUT2D eigenvalue weighted by molar-refractivity contribution is 6.32. The molecule has 0 atom stereocenters. The number of ether oxygens (including phenoxy) is 1. The first-order valence-electron chi connectivity index (χ1n) is 5.62. The van der Waals surface area contributed by atoms with Gasteiger partial charge in [-0.15, -0.1) is 0 Å². The second kappa shape index (κ2) is 5.85. The molecule has 104 valence electrons. The lowest BCUT2D eigenvalue weighted by Crippen LogP contribution is -1.98. The van der Waals surface area contributed by atoms with E-state index < -0.39 is 22.2 Å². The van der Waals surface area contributed by atoms with E-state index in [0.29, 0.717) is 6.54 Å². The molecule has 0 saturated heterocycles. The van der Waals surface area contributed by atoms with E-state index in [1.54, 1.807) is 12.1 Å². The third-order valence-corrected chi connectivity index (χ3v) is 2.88. The van der Waals surface area contributed by atoms with Crippen molar-refractivity contribution in [3.63, 3.8) is 0 Å². The first-order valence-corrected chi connectivity index (χ1v) is 6.00. The van der Waals surface area contributed by atoms with Gasteiger partial charge >= 0.3 is 5.69 Å². The Morgan fingerprint density at radius 2 is 2.10 bits per heavy atom. The van der Waals surface area contributed by atoms with Crippen molar-refractivity contribution in [1.29, 1.82) is 0 Å². The predicted octanol–water partition coefficient (Wildman–Crippen LogP) is 3.64. The van der Waals surface area contributed by atoms with Crippen LogP contribution < -0.4 is 10.5 Å². The van der Waals surface area contributed by atoms with Gasteiger partial charge in [0.1, 0.15) is 5.75 Å². The summed E-state index contributed by atoms with van der Waals surface area (Å²) in [6.45, 7) is 0.292. The van der Waals surface area contributed by atoms with Gasteiger partial charge in [0.25, 0.3) is 0 Å². The average molecular weight is 297 g/mol. The smallest absolute Gasteiger partial charge is 0.314 e. The summed E-state index contributed by atoms with van der Waals surface area (Å²) in [5.74, 6) is -1.19. The molecule has 0 fully saturated rings. The van der Waals surface area contributed by atoms with E-state index in [1.807, 2.05) is 0 Å². The maximum atomic E-state index is 13.7. The van der Waals surface area contributed by atoms with Crippen molar-refractivity contribution in [3.05, 3.63) is 62.9 Å². The number of rotatable bonds is 4. The van der Waals surface area contributed by atoms with E-state index in [-0.39, 0.29) is 10.8 Å². The van der Waals surface area contributed by atoms with E-state index >= 15 is 0 Å². The van der Waals surface area contributed by atoms with Crippen molar-refractivity contribution >= 4 is 17.3 Å². The van der Waals surface area contributed by atoms with Gasteiger partial charge in [-0.3, -0.25) is 10.1 Å². The molecule has 0 radical (unpaired) electrons. The highest BCUT2D eigenvalue weighted by Crippen LogP contribution is 2.36. The molecule has 0 spiro atoms. The highest BCUT2D eigenvalue weighted by atomic mass is 35.5. The minimum Gasteiger partial charge on any atom is -0.446 e. The van der Waals surface area contributed by atoms with Crippen LogP contribution in [0, 0.1) is 15.9 Å². The van der Waals surface area contributed by atoms with E-state index in [9.17, 15) is 14.5 Å². The Kier molecular flexibility index (Phi) is 4.16. The van der Waals surface area contributed by atoms with Gasteiger partial charge in [0.05, 0.1) is 9.95 Å². The SMILES string of the molecule is NCc1ccc(Oc2c(F)cccc2[N+](=O)[O-])c(Cl)c1. The average Bonchev–Trinajstić information content (AvgIpc) is 2.42. The lowest BCUT2D eigenvalue weighted by atomic mass is 10.2. The first kappa shape index (κ1) is 14.2. The molecular weight excluding hydrogens is 287 g/mol. The van der Waals surface area contributed by atoms with Gasteiger partial charge in [0.15, 0.2) is 5.82 Å². The van der Waals surface area contributed by atoms with Crippen LogP contribution >= 0.6 is 11.6 Å². The summed E-state index contributed by atoms with van der Waals surface area (Å²) in [7, 11) is 0. The fraction of sp³-hybridized carbons (Fsp3) is 0.0769. The van der Waals surface area contributed by atoms with Crippen LogP contribution in [0.3, 0.4) is 0 Å². The quantitative estimate of drug-likeness (QED) is 0.690. The Balaban J connectivity index is 2.42. The second-order valence-corrected chi connectivity index (χ2v) is 4.32. The number of nitrogens with zero attached hydrogens (tertiary/aromatic N) is 1. The standard InChI is InChI=1S/C13H10ClFN2O3/c14-9-6-8(7-16)4-5-12(9)20-13-10(15)2-1-3-11(13)17(18)19/h1-6H,7,16H2. The summed E-state index contributed by atoms with van der Waals surface area (Å²) >= 11 is 5.97. The fourth-order valence-electron chi connectivity index (χ4n) is 1.61. The number of hydrogen-bond acceptors (Lipinski definition) is 4. The monoisotopic (exact) mass is 296 g/mol. The Morgan fingerprint density at radius 3 is 2.70 bits per heavy atom. The summed E-state index contributed by atoms with van der Waals surface area (Å²) in [6, 6.07) is 8.16. The predicted molar refractivity (Wildman–Crippen MR) is 72.5 cm³/mol. The van der Waals surface area contributed by atoms with Crippen molar-refractivity contribution in [1.82, 2.24) is 0 Å². The van der Waals surface area contributed by atoms with Crippen LogP contribution in [0.15, 0.2) is 36.4 Å². The summed E-state index contributed by atoms with van der Waals surface area (Å²) in [4.78, 5) is 10.1. The molecule has 0 heterocycles. The van der Waals surface area contributed by atoms with Gasteiger partial charge in [-0.05, 0) is 23.8 Å². The molecular formula is C13H10ClFN2O3. The van der Waals surface area contributed by atoms with Crippen LogP contribution in [0.4, 0.5) is 10.1 Å². The molecule has 7 heteroatoms. The maximum absolute atomic E-state index is 13.7. The van der Waals surface area contributed by atoms with Crippen LogP contribution in [0.5, 0.6) is 11.5 Å².